The molecule has 4 aromatic rings. The van der Waals surface area contributed by atoms with Crippen molar-refractivity contribution < 1.29 is 27.6 Å². The summed E-state index contributed by atoms with van der Waals surface area (Å²) in [5.74, 6) is -0.465. The van der Waals surface area contributed by atoms with Crippen LogP contribution in [0.4, 0.5) is 11.4 Å². The first-order valence-corrected chi connectivity index (χ1v) is 15.4. The van der Waals surface area contributed by atoms with E-state index in [1.807, 2.05) is 15.7 Å². The highest BCUT2D eigenvalue weighted by molar-refractivity contribution is 7.90. The molecule has 2 aromatic carbocycles. The summed E-state index contributed by atoms with van der Waals surface area (Å²) in [6, 6.07) is 13.8. The van der Waals surface area contributed by atoms with Crippen LogP contribution in [0, 0.1) is 10.1 Å². The van der Waals surface area contributed by atoms with Crippen LogP contribution in [0.2, 0.25) is 0 Å². The molecule has 2 aromatic heterocycles. The van der Waals surface area contributed by atoms with Gasteiger partial charge in [0.25, 0.3) is 21.6 Å². The fourth-order valence-corrected chi connectivity index (χ4v) is 6.57. The van der Waals surface area contributed by atoms with Gasteiger partial charge in [0, 0.05) is 49.9 Å². The van der Waals surface area contributed by atoms with E-state index in [2.05, 4.69) is 14.9 Å². The van der Waals surface area contributed by atoms with Crippen molar-refractivity contribution in [2.75, 3.05) is 44.3 Å². The Morgan fingerprint density at radius 1 is 1.07 bits per heavy atom. The van der Waals surface area contributed by atoms with Crippen molar-refractivity contribution in [1.82, 2.24) is 19.6 Å². The summed E-state index contributed by atoms with van der Waals surface area (Å²) in [4.78, 5) is 35.8. The highest BCUT2D eigenvalue weighted by Gasteiger charge is 2.31. The van der Waals surface area contributed by atoms with Gasteiger partial charge in [0.15, 0.2) is 0 Å². The van der Waals surface area contributed by atoms with Crippen LogP contribution in [-0.4, -0.2) is 79.6 Å². The lowest BCUT2D eigenvalue weighted by atomic mass is 10.0. The molecule has 2 fully saturated rings. The molecule has 2 aliphatic rings. The highest BCUT2D eigenvalue weighted by Crippen LogP contribution is 2.34. The molecule has 224 valence electrons. The zero-order valence-electron chi connectivity index (χ0n) is 23.1. The van der Waals surface area contributed by atoms with Gasteiger partial charge in [-0.2, -0.15) is 0 Å². The highest BCUT2D eigenvalue weighted by atomic mass is 32.2. The second-order valence-corrected chi connectivity index (χ2v) is 12.1. The fraction of sp³-hybridized carbons (Fsp3) is 0.310. The smallest absolute Gasteiger partial charge is 0.293 e. The first-order chi connectivity index (χ1) is 20.8. The number of aromatic amines is 1. The molecule has 0 aliphatic carbocycles. The van der Waals surface area contributed by atoms with Crippen LogP contribution < -0.4 is 14.4 Å². The molecular weight excluding hydrogens is 576 g/mol. The minimum Gasteiger partial charge on any atom is -0.455 e. The Morgan fingerprint density at radius 2 is 1.84 bits per heavy atom. The summed E-state index contributed by atoms with van der Waals surface area (Å²) in [7, 11) is -4.46. The lowest BCUT2D eigenvalue weighted by Gasteiger charge is -2.40. The number of amides is 1. The maximum Gasteiger partial charge on any atom is 0.293 e. The molecule has 2 N–H and O–H groups in total. The molecule has 43 heavy (non-hydrogen) atoms. The number of fused-ring (bicyclic) bond motifs is 1. The zero-order valence-corrected chi connectivity index (χ0v) is 24.0. The second kappa shape index (κ2) is 12.0. The molecule has 13 nitrogen and oxygen atoms in total. The fourth-order valence-electron chi connectivity index (χ4n) is 5.58. The first-order valence-electron chi connectivity index (χ1n) is 13.9. The Hall–Kier alpha value is -4.53. The van der Waals surface area contributed by atoms with Crippen molar-refractivity contribution >= 4 is 38.3 Å². The number of carbonyl (C=O) groups excluding carboxylic acids is 1. The number of carbonyl (C=O) groups is 1. The van der Waals surface area contributed by atoms with Gasteiger partial charge in [-0.3, -0.25) is 19.8 Å². The number of hydrogen-bond acceptors (Lipinski definition) is 10. The number of hydrogen-bond donors (Lipinski definition) is 2. The van der Waals surface area contributed by atoms with Gasteiger partial charge in [0.05, 0.1) is 34.8 Å². The van der Waals surface area contributed by atoms with Gasteiger partial charge in [0.1, 0.15) is 22.8 Å². The van der Waals surface area contributed by atoms with E-state index in [9.17, 15) is 23.3 Å². The van der Waals surface area contributed by atoms with Crippen molar-refractivity contribution in [2.45, 2.75) is 23.8 Å². The SMILES string of the molecule is O=C(NS(=O)(=O)c1ccc(N2CCC(N3CCOCC3)CC2)c([N+](=O)[O-])c1)c1ccccc1Oc1cnc2[nH]ccc2c1. The Balaban J connectivity index is 1.18. The standard InChI is InChI=1S/C29H30N6O7S/c36-29(24-3-1-2-4-27(24)42-22-17-20-7-10-30-28(20)31-19-22)32-43(39,40)23-5-6-25(26(18-23)35(37)38)34-11-8-21(9-12-34)33-13-15-41-16-14-33/h1-7,10,17-19,21H,8-9,11-16H2,(H,30,31)(H,32,36). The van der Waals surface area contributed by atoms with E-state index in [4.69, 9.17) is 9.47 Å². The lowest BCUT2D eigenvalue weighted by molar-refractivity contribution is -0.384. The number of para-hydroxylation sites is 1. The molecular formula is C29H30N6O7S. The number of aromatic nitrogens is 2. The van der Waals surface area contributed by atoms with E-state index < -0.39 is 20.9 Å². The number of nitrogens with one attached hydrogen (secondary N) is 2. The third-order valence-electron chi connectivity index (χ3n) is 7.78. The predicted octanol–water partition coefficient (Wildman–Crippen LogP) is 3.68. The maximum absolute atomic E-state index is 13.2. The van der Waals surface area contributed by atoms with Crippen LogP contribution in [0.5, 0.6) is 11.5 Å². The number of morpholine rings is 1. The number of anilines is 1. The number of nitro groups is 1. The number of rotatable bonds is 8. The molecule has 1 amide bonds. The van der Waals surface area contributed by atoms with Crippen LogP contribution in [0.1, 0.15) is 23.2 Å². The molecule has 0 bridgehead atoms. The lowest BCUT2D eigenvalue weighted by Crippen LogP contribution is -2.49. The number of ether oxygens (including phenoxy) is 2. The quantitative estimate of drug-likeness (QED) is 0.224. The van der Waals surface area contributed by atoms with E-state index in [1.54, 1.807) is 24.4 Å². The van der Waals surface area contributed by atoms with Gasteiger partial charge in [-0.1, -0.05) is 12.1 Å². The van der Waals surface area contributed by atoms with Crippen LogP contribution in [0.3, 0.4) is 0 Å². The van der Waals surface area contributed by atoms with Crippen LogP contribution in [0.25, 0.3) is 11.0 Å². The third kappa shape index (κ3) is 6.16. The van der Waals surface area contributed by atoms with Crippen LogP contribution in [0.15, 0.2) is 71.9 Å². The van der Waals surface area contributed by atoms with Crippen molar-refractivity contribution in [3.05, 3.63) is 82.7 Å². The molecule has 2 aliphatic heterocycles. The van der Waals surface area contributed by atoms with E-state index in [0.29, 0.717) is 49.4 Å². The Kier molecular flexibility index (Phi) is 7.97. The summed E-state index contributed by atoms with van der Waals surface area (Å²) < 4.78 is 39.8. The topological polar surface area (TPSA) is 160 Å². The normalized spacial score (nSPS) is 16.7. The molecule has 0 radical (unpaired) electrons. The molecule has 0 saturated carbocycles. The van der Waals surface area contributed by atoms with Crippen molar-refractivity contribution in [2.24, 2.45) is 0 Å². The molecule has 0 unspecified atom stereocenters. The third-order valence-corrected chi connectivity index (χ3v) is 9.11. The van der Waals surface area contributed by atoms with Gasteiger partial charge in [-0.05, 0) is 49.2 Å². The number of H-pyrrole nitrogens is 1. The summed E-state index contributed by atoms with van der Waals surface area (Å²) >= 11 is 0. The average molecular weight is 607 g/mol. The number of benzene rings is 2. The van der Waals surface area contributed by atoms with E-state index in [-0.39, 0.29) is 21.9 Å². The molecule has 0 atom stereocenters. The Morgan fingerprint density at radius 3 is 2.60 bits per heavy atom. The number of nitrogens with zero attached hydrogens (tertiary/aromatic N) is 4. The number of piperidine rings is 1. The first kappa shape index (κ1) is 28.6. The Labute approximate surface area is 247 Å². The number of pyridine rings is 1. The van der Waals surface area contributed by atoms with Gasteiger partial charge in [-0.25, -0.2) is 18.1 Å². The van der Waals surface area contributed by atoms with Gasteiger partial charge < -0.3 is 19.4 Å². The summed E-state index contributed by atoms with van der Waals surface area (Å²) in [5.41, 5.74) is 0.649. The molecule has 6 rings (SSSR count). The van der Waals surface area contributed by atoms with Crippen molar-refractivity contribution in [1.29, 1.82) is 0 Å². The Bertz CT molecular complexity index is 1760. The van der Waals surface area contributed by atoms with E-state index >= 15 is 0 Å². The minimum absolute atomic E-state index is 0.0329. The molecule has 2 saturated heterocycles. The summed E-state index contributed by atoms with van der Waals surface area (Å²) in [5, 5.41) is 12.8. The molecule has 4 heterocycles. The summed E-state index contributed by atoms with van der Waals surface area (Å²) in [6.07, 6.45) is 4.89. The number of sulfonamides is 1. The largest absolute Gasteiger partial charge is 0.455 e. The number of nitro benzene ring substituents is 1. The van der Waals surface area contributed by atoms with Gasteiger partial charge >= 0.3 is 0 Å². The van der Waals surface area contributed by atoms with Crippen molar-refractivity contribution in [3.63, 3.8) is 0 Å². The molecule has 14 heteroatoms. The van der Waals surface area contributed by atoms with Crippen molar-refractivity contribution in [3.8, 4) is 11.5 Å². The van der Waals surface area contributed by atoms with Crippen LogP contribution in [-0.2, 0) is 14.8 Å². The summed E-state index contributed by atoms with van der Waals surface area (Å²) in [6.45, 7) is 4.38. The van der Waals surface area contributed by atoms with Gasteiger partial charge in [0.2, 0.25) is 0 Å². The minimum atomic E-state index is -4.46. The predicted molar refractivity (Wildman–Crippen MR) is 158 cm³/mol. The van der Waals surface area contributed by atoms with E-state index in [1.165, 1.54) is 30.5 Å². The van der Waals surface area contributed by atoms with E-state index in [0.717, 1.165) is 37.4 Å². The average Bonchev–Trinajstić information content (AvgIpc) is 3.49. The second-order valence-electron chi connectivity index (χ2n) is 10.4. The molecule has 0 spiro atoms. The zero-order chi connectivity index (χ0) is 30.0. The van der Waals surface area contributed by atoms with Crippen LogP contribution >= 0.6 is 0 Å². The van der Waals surface area contributed by atoms with Gasteiger partial charge in [-0.15, -0.1) is 0 Å². The maximum atomic E-state index is 13.2. The monoisotopic (exact) mass is 606 g/mol.